The number of benzene rings is 1. The predicted octanol–water partition coefficient (Wildman–Crippen LogP) is 2.14. The molecule has 150 valence electrons. The predicted molar refractivity (Wildman–Crippen MR) is 95.5 cm³/mol. The number of nitrogens with one attached hydrogen (secondary N) is 1. The van der Waals surface area contributed by atoms with Gasteiger partial charge in [-0.1, -0.05) is 6.07 Å². The van der Waals surface area contributed by atoms with Crippen LogP contribution in [0, 0.1) is 5.82 Å². The van der Waals surface area contributed by atoms with E-state index in [2.05, 4.69) is 15.2 Å². The van der Waals surface area contributed by atoms with Crippen LogP contribution in [-0.2, 0) is 6.42 Å². The van der Waals surface area contributed by atoms with E-state index in [1.165, 1.54) is 12.3 Å². The number of ether oxygens (including phenoxy) is 2. The zero-order valence-corrected chi connectivity index (χ0v) is 14.8. The van der Waals surface area contributed by atoms with Gasteiger partial charge in [0.15, 0.2) is 23.1 Å². The summed E-state index contributed by atoms with van der Waals surface area (Å²) in [6.07, 6.45) is -1.04. The minimum Gasteiger partial charge on any atom is -0.454 e. The van der Waals surface area contributed by atoms with E-state index in [9.17, 15) is 18.0 Å². The van der Waals surface area contributed by atoms with Gasteiger partial charge in [-0.15, -0.1) is 0 Å². The minimum absolute atomic E-state index is 0.106. The first kappa shape index (κ1) is 18.7. The van der Waals surface area contributed by atoms with Crippen molar-refractivity contribution >= 4 is 0 Å². The molecule has 0 unspecified atom stereocenters. The average Bonchev–Trinajstić information content (AvgIpc) is 3.31. The van der Waals surface area contributed by atoms with Crippen LogP contribution in [0.1, 0.15) is 5.82 Å². The van der Waals surface area contributed by atoms with Crippen LogP contribution in [-0.4, -0.2) is 33.1 Å². The highest BCUT2D eigenvalue weighted by molar-refractivity contribution is 5.67. The van der Waals surface area contributed by atoms with E-state index in [-0.39, 0.29) is 18.4 Å². The third-order valence-electron chi connectivity index (χ3n) is 4.37. The lowest BCUT2D eigenvalue weighted by molar-refractivity contribution is 0.174. The van der Waals surface area contributed by atoms with Gasteiger partial charge in [0, 0.05) is 30.3 Å². The summed E-state index contributed by atoms with van der Waals surface area (Å²) in [4.78, 5) is 16.1. The number of nitrogens with zero attached hydrogens (tertiary/aromatic N) is 3. The van der Waals surface area contributed by atoms with Crippen molar-refractivity contribution in [2.75, 3.05) is 13.3 Å². The fourth-order valence-electron chi connectivity index (χ4n) is 2.90. The third-order valence-corrected chi connectivity index (χ3v) is 4.37. The van der Waals surface area contributed by atoms with Crippen molar-refractivity contribution in [2.24, 2.45) is 5.73 Å². The van der Waals surface area contributed by atoms with E-state index in [0.29, 0.717) is 22.6 Å². The Labute approximate surface area is 161 Å². The fourth-order valence-corrected chi connectivity index (χ4v) is 2.90. The highest BCUT2D eigenvalue weighted by atomic mass is 19.3. The van der Waals surface area contributed by atoms with Gasteiger partial charge in [0.2, 0.25) is 6.79 Å². The van der Waals surface area contributed by atoms with Crippen molar-refractivity contribution in [3.05, 3.63) is 64.2 Å². The molecule has 0 amide bonds. The molecule has 4 rings (SSSR count). The van der Waals surface area contributed by atoms with Gasteiger partial charge in [-0.05, 0) is 23.8 Å². The molecule has 0 spiro atoms. The Morgan fingerprint density at radius 1 is 1.21 bits per heavy atom. The molecule has 1 aliphatic heterocycles. The number of aromatic nitrogens is 4. The number of H-pyrrole nitrogens is 1. The van der Waals surface area contributed by atoms with Gasteiger partial charge in [0.25, 0.3) is 6.08 Å². The van der Waals surface area contributed by atoms with Gasteiger partial charge >= 0.3 is 5.69 Å². The fraction of sp³-hybridized carbons (Fsp3) is 0.167. The van der Waals surface area contributed by atoms with Gasteiger partial charge in [-0.25, -0.2) is 23.8 Å². The topological polar surface area (TPSA) is 108 Å². The zero-order valence-electron chi connectivity index (χ0n) is 14.8. The van der Waals surface area contributed by atoms with Gasteiger partial charge in [0.1, 0.15) is 5.82 Å². The van der Waals surface area contributed by atoms with Crippen LogP contribution in [0.2, 0.25) is 0 Å². The number of nitrogens with two attached hydrogens (primary N) is 1. The maximum Gasteiger partial charge on any atom is 0.349 e. The van der Waals surface area contributed by atoms with Gasteiger partial charge in [-0.3, -0.25) is 0 Å². The molecule has 3 aromatic rings. The van der Waals surface area contributed by atoms with Crippen LogP contribution in [0.4, 0.5) is 13.2 Å². The van der Waals surface area contributed by atoms with Crippen LogP contribution in [0.3, 0.4) is 0 Å². The highest BCUT2D eigenvalue weighted by Gasteiger charge is 2.20. The monoisotopic (exact) mass is 405 g/mol. The maximum absolute atomic E-state index is 14.8. The van der Waals surface area contributed by atoms with Crippen molar-refractivity contribution in [2.45, 2.75) is 6.42 Å². The normalized spacial score (nSPS) is 12.3. The molecule has 1 aromatic carbocycles. The molecule has 29 heavy (non-hydrogen) atoms. The Kier molecular flexibility index (Phi) is 4.80. The Morgan fingerprint density at radius 3 is 2.72 bits per heavy atom. The average molecular weight is 405 g/mol. The third kappa shape index (κ3) is 3.47. The van der Waals surface area contributed by atoms with Gasteiger partial charge in [0.05, 0.1) is 0 Å². The van der Waals surface area contributed by atoms with E-state index in [0.717, 1.165) is 4.57 Å². The van der Waals surface area contributed by atoms with Crippen LogP contribution in [0.15, 0.2) is 46.9 Å². The summed E-state index contributed by atoms with van der Waals surface area (Å²) in [6, 6.07) is 6.25. The van der Waals surface area contributed by atoms with E-state index in [4.69, 9.17) is 15.2 Å². The number of aromatic amines is 1. The molecule has 0 bridgehead atoms. The Morgan fingerprint density at radius 2 is 2.00 bits per heavy atom. The summed E-state index contributed by atoms with van der Waals surface area (Å²) in [5.41, 5.74) is 5.13. The molecule has 3 heterocycles. The molecule has 8 nitrogen and oxygen atoms in total. The number of halogens is 3. The van der Waals surface area contributed by atoms with Crippen molar-refractivity contribution in [1.82, 2.24) is 19.7 Å². The first-order chi connectivity index (χ1) is 14.0. The molecule has 0 radical (unpaired) electrons. The van der Waals surface area contributed by atoms with Crippen LogP contribution in [0.25, 0.3) is 16.9 Å². The summed E-state index contributed by atoms with van der Waals surface area (Å²) in [5, 5.41) is 5.81. The maximum atomic E-state index is 14.8. The largest absolute Gasteiger partial charge is 0.454 e. The molecular weight excluding hydrogens is 391 g/mol. The number of hydrogen-bond donors (Lipinski definition) is 2. The molecule has 0 aliphatic carbocycles. The quantitative estimate of drug-likeness (QED) is 0.673. The molecule has 0 fully saturated rings. The molecule has 0 atom stereocenters. The van der Waals surface area contributed by atoms with Crippen molar-refractivity contribution in [3.63, 3.8) is 0 Å². The number of pyridine rings is 1. The summed E-state index contributed by atoms with van der Waals surface area (Å²) < 4.78 is 52.0. The molecule has 0 saturated carbocycles. The van der Waals surface area contributed by atoms with Crippen LogP contribution in [0.5, 0.6) is 11.5 Å². The number of rotatable bonds is 5. The Hall–Kier alpha value is -3.60. The minimum atomic E-state index is -1.97. The van der Waals surface area contributed by atoms with Crippen molar-refractivity contribution < 1.29 is 22.6 Å². The molecular formula is C18H14F3N5O3. The first-order valence-corrected chi connectivity index (χ1v) is 8.43. The second-order valence-corrected chi connectivity index (χ2v) is 6.12. The van der Waals surface area contributed by atoms with E-state index >= 15 is 0 Å². The lowest BCUT2D eigenvalue weighted by atomic mass is 10.1. The smallest absolute Gasteiger partial charge is 0.349 e. The van der Waals surface area contributed by atoms with Crippen LogP contribution < -0.4 is 20.9 Å². The summed E-state index contributed by atoms with van der Waals surface area (Å²) in [6.45, 7) is -0.322. The Balaban J connectivity index is 1.72. The summed E-state index contributed by atoms with van der Waals surface area (Å²) >= 11 is 0. The first-order valence-electron chi connectivity index (χ1n) is 8.43. The lowest BCUT2D eigenvalue weighted by Crippen LogP contribution is -2.20. The second-order valence-electron chi connectivity index (χ2n) is 6.12. The van der Waals surface area contributed by atoms with Crippen molar-refractivity contribution in [1.29, 1.82) is 0 Å². The van der Waals surface area contributed by atoms with Gasteiger partial charge < -0.3 is 15.2 Å². The van der Waals surface area contributed by atoms with E-state index < -0.39 is 36.1 Å². The standard InChI is InChI=1S/C18H14F3N5O3/c19-12-3-11(9-1-2-13-14(4-9)29-8-28-13)7-23-17(12)26-15(24-25-18(26)27)5-10(6-22)16(20)21/h1-4,7H,5-6,8,22H2,(H,25,27). The van der Waals surface area contributed by atoms with Crippen LogP contribution >= 0.6 is 0 Å². The second kappa shape index (κ2) is 7.43. The van der Waals surface area contributed by atoms with E-state index in [1.807, 2.05) is 0 Å². The molecule has 0 saturated heterocycles. The molecule has 3 N–H and O–H groups in total. The Bertz CT molecular complexity index is 1170. The highest BCUT2D eigenvalue weighted by Crippen LogP contribution is 2.36. The number of hydrogen-bond acceptors (Lipinski definition) is 6. The van der Waals surface area contributed by atoms with E-state index in [1.54, 1.807) is 18.2 Å². The SMILES string of the molecule is NCC(Cc1n[nH]c(=O)n1-c1ncc(-c2ccc3c(c2)OCO3)cc1F)=C(F)F. The molecule has 2 aromatic heterocycles. The van der Waals surface area contributed by atoms with Crippen molar-refractivity contribution in [3.8, 4) is 28.4 Å². The summed E-state index contributed by atoms with van der Waals surface area (Å²) in [5.74, 6) is -0.222. The van der Waals surface area contributed by atoms with Gasteiger partial charge in [-0.2, -0.15) is 13.9 Å². The molecule has 1 aliphatic rings. The summed E-state index contributed by atoms with van der Waals surface area (Å²) in [7, 11) is 0. The lowest BCUT2D eigenvalue weighted by Gasteiger charge is -2.09. The molecule has 11 heteroatoms. The zero-order chi connectivity index (χ0) is 20.5. The number of fused-ring (bicyclic) bond motifs is 1.